The summed E-state index contributed by atoms with van der Waals surface area (Å²) in [6.07, 6.45) is -1.74. The fourth-order valence-corrected chi connectivity index (χ4v) is 2.19. The van der Waals surface area contributed by atoms with Crippen LogP contribution < -0.4 is 15.4 Å². The van der Waals surface area contributed by atoms with E-state index in [1.54, 1.807) is 0 Å². The van der Waals surface area contributed by atoms with E-state index in [0.29, 0.717) is 22.9 Å². The third-order valence-corrected chi connectivity index (χ3v) is 3.49. The predicted molar refractivity (Wildman–Crippen MR) is 81.6 cm³/mol. The van der Waals surface area contributed by atoms with Crippen LogP contribution in [0.25, 0.3) is 0 Å². The molecule has 3 rings (SSSR count). The summed E-state index contributed by atoms with van der Waals surface area (Å²) < 4.78 is 40.3. The summed E-state index contributed by atoms with van der Waals surface area (Å²) in [6, 6.07) is 5.28. The zero-order chi connectivity index (χ0) is 17.2. The molecule has 0 saturated carbocycles. The summed E-state index contributed by atoms with van der Waals surface area (Å²) in [6.45, 7) is 1.44. The highest BCUT2D eigenvalue weighted by atomic mass is 19.4. The van der Waals surface area contributed by atoms with Gasteiger partial charge in [-0.1, -0.05) is 0 Å². The first kappa shape index (κ1) is 16.2. The molecule has 0 amide bonds. The number of anilines is 2. The molecule has 0 aliphatic carbocycles. The van der Waals surface area contributed by atoms with Crippen LogP contribution in [-0.4, -0.2) is 35.1 Å². The Morgan fingerprint density at radius 1 is 1.17 bits per heavy atom. The zero-order valence-electron chi connectivity index (χ0n) is 12.4. The van der Waals surface area contributed by atoms with E-state index >= 15 is 0 Å². The highest BCUT2D eigenvalue weighted by molar-refractivity contribution is 6.03. The van der Waals surface area contributed by atoms with E-state index in [-0.39, 0.29) is 11.7 Å². The van der Waals surface area contributed by atoms with E-state index in [1.165, 1.54) is 36.7 Å². The zero-order valence-corrected chi connectivity index (χ0v) is 12.4. The third kappa shape index (κ3) is 3.80. The SMILES string of the molecule is N=C(c1nccnc1Nc1ccc(OC(F)(F)F)cc1)C1CNC1. The van der Waals surface area contributed by atoms with E-state index in [9.17, 15) is 13.2 Å². The number of hydrogen-bond donors (Lipinski definition) is 3. The van der Waals surface area contributed by atoms with E-state index in [0.717, 1.165) is 13.1 Å². The van der Waals surface area contributed by atoms with Crippen molar-refractivity contribution in [2.24, 2.45) is 5.92 Å². The van der Waals surface area contributed by atoms with E-state index in [1.807, 2.05) is 0 Å². The van der Waals surface area contributed by atoms with Gasteiger partial charge in [-0.25, -0.2) is 9.97 Å². The maximum Gasteiger partial charge on any atom is 0.573 e. The lowest BCUT2D eigenvalue weighted by molar-refractivity contribution is -0.274. The lowest BCUT2D eigenvalue weighted by atomic mass is 9.95. The molecule has 126 valence electrons. The number of halogens is 3. The maximum atomic E-state index is 12.2. The number of aromatic nitrogens is 2. The van der Waals surface area contributed by atoms with Crippen molar-refractivity contribution in [3.8, 4) is 5.75 Å². The van der Waals surface area contributed by atoms with Crippen LogP contribution in [0.3, 0.4) is 0 Å². The molecule has 1 aliphatic heterocycles. The fourth-order valence-electron chi connectivity index (χ4n) is 2.19. The lowest BCUT2D eigenvalue weighted by Crippen LogP contribution is -2.46. The van der Waals surface area contributed by atoms with Crippen molar-refractivity contribution >= 4 is 17.2 Å². The molecule has 1 saturated heterocycles. The molecule has 0 bridgehead atoms. The summed E-state index contributed by atoms with van der Waals surface area (Å²) in [5, 5.41) is 14.3. The van der Waals surface area contributed by atoms with Gasteiger partial charge in [0.25, 0.3) is 0 Å². The van der Waals surface area contributed by atoms with Gasteiger partial charge in [0.2, 0.25) is 0 Å². The molecule has 1 aromatic heterocycles. The molecule has 6 nitrogen and oxygen atoms in total. The topological polar surface area (TPSA) is 82.9 Å². The summed E-state index contributed by atoms with van der Waals surface area (Å²) in [5.74, 6) is 0.171. The van der Waals surface area contributed by atoms with Crippen molar-refractivity contribution in [2.75, 3.05) is 18.4 Å². The van der Waals surface area contributed by atoms with Crippen molar-refractivity contribution < 1.29 is 17.9 Å². The van der Waals surface area contributed by atoms with E-state index in [2.05, 4.69) is 25.3 Å². The minimum absolute atomic E-state index is 0.0878. The van der Waals surface area contributed by atoms with Crippen LogP contribution in [-0.2, 0) is 0 Å². The van der Waals surface area contributed by atoms with Crippen LogP contribution in [0.2, 0.25) is 0 Å². The van der Waals surface area contributed by atoms with Crippen LogP contribution in [0.5, 0.6) is 5.75 Å². The Bertz CT molecular complexity index is 729. The minimum atomic E-state index is -4.72. The monoisotopic (exact) mass is 337 g/mol. The predicted octanol–water partition coefficient (Wildman–Crippen LogP) is 2.71. The van der Waals surface area contributed by atoms with Crippen molar-refractivity contribution in [2.45, 2.75) is 6.36 Å². The number of ether oxygens (including phenoxy) is 1. The van der Waals surface area contributed by atoms with Gasteiger partial charge in [0.05, 0.1) is 5.71 Å². The van der Waals surface area contributed by atoms with Gasteiger partial charge >= 0.3 is 6.36 Å². The molecule has 2 aromatic rings. The Morgan fingerprint density at radius 2 is 1.83 bits per heavy atom. The number of nitrogens with zero attached hydrogens (tertiary/aromatic N) is 2. The highest BCUT2D eigenvalue weighted by Crippen LogP contribution is 2.26. The number of alkyl halides is 3. The van der Waals surface area contributed by atoms with Gasteiger partial charge in [-0.05, 0) is 24.3 Å². The van der Waals surface area contributed by atoms with Gasteiger partial charge < -0.3 is 20.8 Å². The third-order valence-electron chi connectivity index (χ3n) is 3.49. The molecule has 0 atom stereocenters. The molecule has 3 N–H and O–H groups in total. The van der Waals surface area contributed by atoms with Crippen molar-refractivity contribution in [3.05, 3.63) is 42.4 Å². The van der Waals surface area contributed by atoms with Crippen LogP contribution in [0.4, 0.5) is 24.7 Å². The van der Waals surface area contributed by atoms with Gasteiger partial charge in [0.1, 0.15) is 11.4 Å². The average Bonchev–Trinajstić information content (AvgIpc) is 2.46. The summed E-state index contributed by atoms with van der Waals surface area (Å²) in [4.78, 5) is 8.36. The second-order valence-corrected chi connectivity index (χ2v) is 5.22. The van der Waals surface area contributed by atoms with Crippen molar-refractivity contribution in [1.29, 1.82) is 5.41 Å². The summed E-state index contributed by atoms with van der Waals surface area (Å²) in [5.41, 5.74) is 1.33. The minimum Gasteiger partial charge on any atom is -0.406 e. The first-order valence-electron chi connectivity index (χ1n) is 7.16. The fraction of sp³-hybridized carbons (Fsp3) is 0.267. The van der Waals surface area contributed by atoms with Gasteiger partial charge in [-0.2, -0.15) is 0 Å². The van der Waals surface area contributed by atoms with E-state index in [4.69, 9.17) is 5.41 Å². The molecular formula is C15H14F3N5O. The van der Waals surface area contributed by atoms with Crippen molar-refractivity contribution in [1.82, 2.24) is 15.3 Å². The summed E-state index contributed by atoms with van der Waals surface area (Å²) >= 11 is 0. The number of nitrogens with one attached hydrogen (secondary N) is 3. The Hall–Kier alpha value is -2.68. The standard InChI is InChI=1S/C15H14F3N5O/c16-15(17,18)24-11-3-1-10(2-4-11)23-14-13(21-5-6-22-14)12(19)9-7-20-8-9/h1-6,9,19-20H,7-8H2,(H,22,23). The van der Waals surface area contributed by atoms with Gasteiger partial charge in [0, 0.05) is 37.1 Å². The van der Waals surface area contributed by atoms with Gasteiger partial charge in [-0.3, -0.25) is 0 Å². The van der Waals surface area contributed by atoms with E-state index < -0.39 is 6.36 Å². The number of hydrogen-bond acceptors (Lipinski definition) is 6. The quantitative estimate of drug-likeness (QED) is 0.731. The lowest BCUT2D eigenvalue weighted by Gasteiger charge is -2.27. The normalized spacial score (nSPS) is 14.8. The molecule has 1 aliphatic rings. The molecular weight excluding hydrogens is 323 g/mol. The highest BCUT2D eigenvalue weighted by Gasteiger charge is 2.31. The van der Waals surface area contributed by atoms with Crippen LogP contribution in [0.15, 0.2) is 36.7 Å². The Balaban J connectivity index is 1.75. The molecule has 1 fully saturated rings. The van der Waals surface area contributed by atoms with Crippen LogP contribution in [0.1, 0.15) is 5.69 Å². The number of benzene rings is 1. The molecule has 9 heteroatoms. The second-order valence-electron chi connectivity index (χ2n) is 5.22. The first-order chi connectivity index (χ1) is 11.4. The van der Waals surface area contributed by atoms with Crippen LogP contribution >= 0.6 is 0 Å². The molecule has 0 unspecified atom stereocenters. The second kappa shape index (κ2) is 6.44. The van der Waals surface area contributed by atoms with Crippen LogP contribution in [0, 0.1) is 11.3 Å². The summed E-state index contributed by atoms with van der Waals surface area (Å²) in [7, 11) is 0. The number of rotatable bonds is 5. The molecule has 0 radical (unpaired) electrons. The Kier molecular flexibility index (Phi) is 4.34. The Labute approximate surface area is 135 Å². The average molecular weight is 337 g/mol. The molecule has 0 spiro atoms. The Morgan fingerprint density at radius 3 is 2.42 bits per heavy atom. The van der Waals surface area contributed by atoms with Gasteiger partial charge in [0.15, 0.2) is 5.82 Å². The molecule has 24 heavy (non-hydrogen) atoms. The molecule has 1 aromatic carbocycles. The van der Waals surface area contributed by atoms with Gasteiger partial charge in [-0.15, -0.1) is 13.2 Å². The first-order valence-corrected chi connectivity index (χ1v) is 7.16. The molecule has 2 heterocycles. The largest absolute Gasteiger partial charge is 0.573 e. The van der Waals surface area contributed by atoms with Crippen molar-refractivity contribution in [3.63, 3.8) is 0 Å². The maximum absolute atomic E-state index is 12.2. The smallest absolute Gasteiger partial charge is 0.406 e.